The van der Waals surface area contributed by atoms with E-state index in [9.17, 15) is 14.4 Å². The summed E-state index contributed by atoms with van der Waals surface area (Å²) < 4.78 is 16.9. The van der Waals surface area contributed by atoms with E-state index >= 15 is 0 Å². The second-order valence-corrected chi connectivity index (χ2v) is 22.4. The first-order chi connectivity index (χ1) is 40.0. The molecule has 0 radical (unpaired) electrons. The highest BCUT2D eigenvalue weighted by atomic mass is 16.6. The van der Waals surface area contributed by atoms with Gasteiger partial charge in [-0.15, -0.1) is 0 Å². The molecule has 6 nitrogen and oxygen atoms in total. The highest BCUT2D eigenvalue weighted by Gasteiger charge is 2.19. The molecule has 0 amide bonds. The minimum absolute atomic E-state index is 0.0807. The Morgan fingerprint density at radius 1 is 0.259 bits per heavy atom. The minimum Gasteiger partial charge on any atom is -0.462 e. The van der Waals surface area contributed by atoms with Gasteiger partial charge in [0.05, 0.1) is 0 Å². The number of hydrogen-bond acceptors (Lipinski definition) is 6. The van der Waals surface area contributed by atoms with Crippen molar-refractivity contribution < 1.29 is 28.6 Å². The summed E-state index contributed by atoms with van der Waals surface area (Å²) in [5, 5.41) is 0. The van der Waals surface area contributed by atoms with Gasteiger partial charge in [0.15, 0.2) is 6.10 Å². The number of carbonyl (C=O) groups is 3. The molecule has 0 heterocycles. The van der Waals surface area contributed by atoms with Gasteiger partial charge in [0.2, 0.25) is 0 Å². The molecule has 6 heteroatoms. The SMILES string of the molecule is CC/C=C\C/C=C\C/C=C\C/C=C\C/C=C\C/C=C\C/C=C\C/C=C\CCCCCCCCCCC(=O)OCC(COC(=O)CCCCCCCCCCCCC)OC(=O)CCCCCCCCCCC/C=C\C/C=C\CCCCC. The minimum atomic E-state index is -0.785. The molecule has 81 heavy (non-hydrogen) atoms. The summed E-state index contributed by atoms with van der Waals surface area (Å²) in [6.45, 7) is 6.51. The second-order valence-electron chi connectivity index (χ2n) is 22.4. The maximum absolute atomic E-state index is 12.9. The Morgan fingerprint density at radius 2 is 0.481 bits per heavy atom. The van der Waals surface area contributed by atoms with E-state index in [0.717, 1.165) is 122 Å². The molecule has 0 saturated carbocycles. The van der Waals surface area contributed by atoms with Crippen LogP contribution in [0.15, 0.2) is 122 Å². The van der Waals surface area contributed by atoms with E-state index in [4.69, 9.17) is 14.2 Å². The Labute approximate surface area is 501 Å². The van der Waals surface area contributed by atoms with Crippen LogP contribution in [-0.2, 0) is 28.6 Å². The Balaban J connectivity index is 4.26. The first kappa shape index (κ1) is 76.8. The van der Waals surface area contributed by atoms with Crippen LogP contribution >= 0.6 is 0 Å². The van der Waals surface area contributed by atoms with E-state index in [1.165, 1.54) is 154 Å². The molecular formula is C75H126O6. The molecule has 462 valence electrons. The third-order valence-corrected chi connectivity index (χ3v) is 14.5. The van der Waals surface area contributed by atoms with Crippen LogP contribution in [0, 0.1) is 0 Å². The first-order valence-corrected chi connectivity index (χ1v) is 34.0. The lowest BCUT2D eigenvalue weighted by Crippen LogP contribution is -2.30. The van der Waals surface area contributed by atoms with Crippen molar-refractivity contribution in [2.45, 2.75) is 322 Å². The summed E-state index contributed by atoms with van der Waals surface area (Å²) in [6.07, 6.45) is 95.0. The topological polar surface area (TPSA) is 78.9 Å². The summed E-state index contributed by atoms with van der Waals surface area (Å²) in [4.78, 5) is 38.3. The predicted molar refractivity (Wildman–Crippen MR) is 353 cm³/mol. The van der Waals surface area contributed by atoms with E-state index in [1.807, 2.05) is 0 Å². The molecule has 0 aromatic carbocycles. The van der Waals surface area contributed by atoms with E-state index in [0.29, 0.717) is 19.3 Å². The van der Waals surface area contributed by atoms with E-state index < -0.39 is 6.10 Å². The van der Waals surface area contributed by atoms with Crippen LogP contribution in [0.1, 0.15) is 316 Å². The van der Waals surface area contributed by atoms with Crippen LogP contribution in [0.2, 0.25) is 0 Å². The first-order valence-electron chi connectivity index (χ1n) is 34.0. The van der Waals surface area contributed by atoms with E-state index in [1.54, 1.807) is 0 Å². The van der Waals surface area contributed by atoms with Crippen LogP contribution in [0.5, 0.6) is 0 Å². The normalized spacial score (nSPS) is 12.9. The number of hydrogen-bond donors (Lipinski definition) is 0. The van der Waals surface area contributed by atoms with Crippen molar-refractivity contribution in [1.29, 1.82) is 0 Å². The van der Waals surface area contributed by atoms with Crippen LogP contribution in [0.4, 0.5) is 0 Å². The largest absolute Gasteiger partial charge is 0.462 e. The van der Waals surface area contributed by atoms with Gasteiger partial charge in [-0.3, -0.25) is 14.4 Å². The zero-order chi connectivity index (χ0) is 58.5. The smallest absolute Gasteiger partial charge is 0.306 e. The van der Waals surface area contributed by atoms with Gasteiger partial charge in [0, 0.05) is 19.3 Å². The van der Waals surface area contributed by atoms with Gasteiger partial charge in [-0.2, -0.15) is 0 Å². The predicted octanol–water partition coefficient (Wildman–Crippen LogP) is 23.6. The standard InChI is InChI=1S/C75H126O6/c1-4-7-10-13-16-19-22-24-26-28-30-31-32-33-34-35-36-37-38-39-40-41-42-43-45-46-48-50-53-56-59-62-65-68-74(77)80-71-72(70-79-73(76)67-64-61-58-55-52-21-18-15-12-9-6-3)81-75(78)69-66-63-60-57-54-51-49-47-44-29-27-25-23-20-17-14-11-8-5-2/h7,10,16-17,19-20,24-27,30-31,33-34,36-37,39-40,42-43,72H,4-6,8-9,11-15,18,21-23,28-29,32,35,38,41,44-71H2,1-3H3/b10-7-,19-16-,20-17-,26-24-,27-25-,31-30-,34-33-,37-36-,40-39-,43-42-. The third kappa shape index (κ3) is 66.5. The lowest BCUT2D eigenvalue weighted by molar-refractivity contribution is -0.167. The molecule has 0 aromatic rings. The van der Waals surface area contributed by atoms with Crippen LogP contribution in [-0.4, -0.2) is 37.2 Å². The van der Waals surface area contributed by atoms with Gasteiger partial charge in [-0.05, 0) is 116 Å². The molecule has 0 aromatic heterocycles. The van der Waals surface area contributed by atoms with E-state index in [-0.39, 0.29) is 31.1 Å². The third-order valence-electron chi connectivity index (χ3n) is 14.5. The molecule has 0 rings (SSSR count). The number of esters is 3. The summed E-state index contributed by atoms with van der Waals surface area (Å²) in [5.41, 5.74) is 0. The second kappa shape index (κ2) is 68.3. The molecule has 0 fully saturated rings. The Bertz CT molecular complexity index is 1670. The molecule has 0 aliphatic carbocycles. The molecule has 0 spiro atoms. The van der Waals surface area contributed by atoms with Crippen LogP contribution < -0.4 is 0 Å². The fraction of sp³-hybridized carbons (Fsp3) is 0.693. The average molecular weight is 1120 g/mol. The Hall–Kier alpha value is -4.19. The highest BCUT2D eigenvalue weighted by Crippen LogP contribution is 2.16. The van der Waals surface area contributed by atoms with Gasteiger partial charge < -0.3 is 14.2 Å². The maximum Gasteiger partial charge on any atom is 0.306 e. The molecule has 0 aliphatic heterocycles. The summed E-state index contributed by atoms with van der Waals surface area (Å²) >= 11 is 0. The van der Waals surface area contributed by atoms with Crippen molar-refractivity contribution in [3.8, 4) is 0 Å². The Morgan fingerprint density at radius 3 is 0.778 bits per heavy atom. The van der Waals surface area contributed by atoms with Crippen LogP contribution in [0.25, 0.3) is 0 Å². The molecule has 0 saturated heterocycles. The van der Waals surface area contributed by atoms with Crippen molar-refractivity contribution in [3.63, 3.8) is 0 Å². The monoisotopic (exact) mass is 1120 g/mol. The number of ether oxygens (including phenoxy) is 3. The maximum atomic E-state index is 12.9. The average Bonchev–Trinajstić information content (AvgIpc) is 3.47. The lowest BCUT2D eigenvalue weighted by atomic mass is 10.1. The zero-order valence-corrected chi connectivity index (χ0v) is 53.0. The van der Waals surface area contributed by atoms with Crippen molar-refractivity contribution in [3.05, 3.63) is 122 Å². The Kier molecular flexibility index (Phi) is 64.8. The number of allylic oxidation sites excluding steroid dienone is 20. The van der Waals surface area contributed by atoms with Gasteiger partial charge in [-0.1, -0.05) is 303 Å². The number of rotatable bonds is 61. The van der Waals surface area contributed by atoms with Gasteiger partial charge in [0.1, 0.15) is 13.2 Å². The van der Waals surface area contributed by atoms with Crippen molar-refractivity contribution >= 4 is 17.9 Å². The van der Waals surface area contributed by atoms with Crippen molar-refractivity contribution in [2.75, 3.05) is 13.2 Å². The molecule has 0 aliphatic rings. The number of carbonyl (C=O) groups excluding carboxylic acids is 3. The molecule has 1 unspecified atom stereocenters. The fourth-order valence-electron chi connectivity index (χ4n) is 9.37. The van der Waals surface area contributed by atoms with Gasteiger partial charge >= 0.3 is 17.9 Å². The van der Waals surface area contributed by atoms with Crippen LogP contribution in [0.3, 0.4) is 0 Å². The molecular weight excluding hydrogens is 997 g/mol. The molecule has 0 N–H and O–H groups in total. The highest BCUT2D eigenvalue weighted by molar-refractivity contribution is 5.71. The molecule has 0 bridgehead atoms. The quantitative estimate of drug-likeness (QED) is 0.0261. The van der Waals surface area contributed by atoms with Gasteiger partial charge in [0.25, 0.3) is 0 Å². The fourth-order valence-corrected chi connectivity index (χ4v) is 9.37. The summed E-state index contributed by atoms with van der Waals surface area (Å²) in [5.74, 6) is -0.886. The summed E-state index contributed by atoms with van der Waals surface area (Å²) in [6, 6.07) is 0. The summed E-state index contributed by atoms with van der Waals surface area (Å²) in [7, 11) is 0. The van der Waals surface area contributed by atoms with Gasteiger partial charge in [-0.25, -0.2) is 0 Å². The van der Waals surface area contributed by atoms with Crippen molar-refractivity contribution in [1.82, 2.24) is 0 Å². The zero-order valence-electron chi connectivity index (χ0n) is 53.0. The number of unbranched alkanes of at least 4 members (excludes halogenated alkanes) is 30. The molecule has 1 atom stereocenters. The lowest BCUT2D eigenvalue weighted by Gasteiger charge is -2.18. The van der Waals surface area contributed by atoms with Crippen molar-refractivity contribution in [2.24, 2.45) is 0 Å². The van der Waals surface area contributed by atoms with E-state index in [2.05, 4.69) is 142 Å².